The zero-order valence-corrected chi connectivity index (χ0v) is 19.3. The number of aromatic nitrogens is 2. The predicted molar refractivity (Wildman–Crippen MR) is 126 cm³/mol. The third-order valence-electron chi connectivity index (χ3n) is 5.89. The molecule has 0 atom stereocenters. The fourth-order valence-corrected chi connectivity index (χ4v) is 3.78. The molecule has 0 aliphatic carbocycles. The van der Waals surface area contributed by atoms with Gasteiger partial charge in [0, 0.05) is 49.9 Å². The van der Waals surface area contributed by atoms with Gasteiger partial charge in [-0.05, 0) is 68.1 Å². The summed E-state index contributed by atoms with van der Waals surface area (Å²) in [7, 11) is 1.73. The zero-order valence-electron chi connectivity index (χ0n) is 19.3. The minimum atomic E-state index is -0.189. The van der Waals surface area contributed by atoms with E-state index in [4.69, 9.17) is 4.52 Å². The first-order chi connectivity index (χ1) is 15.9. The van der Waals surface area contributed by atoms with Crippen LogP contribution in [0, 0.1) is 13.8 Å². The fraction of sp³-hybridized carbons (Fsp3) is 0.360. The van der Waals surface area contributed by atoms with Gasteiger partial charge < -0.3 is 19.6 Å². The molecule has 2 heterocycles. The Kier molecular flexibility index (Phi) is 6.72. The van der Waals surface area contributed by atoms with E-state index in [2.05, 4.69) is 15.5 Å². The quantitative estimate of drug-likeness (QED) is 0.608. The Hall–Kier alpha value is -3.68. The standard InChI is InChI=1S/C25H29N5O3/c1-17-6-7-18(2)21(16-17)26-25(32)29(3)15-12-22-27-23(33-28-22)19-8-10-20(11-9-19)24(31)30-13-4-5-14-30/h6-11,16H,4-5,12-15H2,1-3H3,(H,26,32). The average molecular weight is 448 g/mol. The number of nitrogens with zero attached hydrogens (tertiary/aromatic N) is 4. The first-order valence-electron chi connectivity index (χ1n) is 11.2. The number of hydrogen-bond acceptors (Lipinski definition) is 5. The second-order valence-electron chi connectivity index (χ2n) is 8.51. The molecular weight excluding hydrogens is 418 g/mol. The molecule has 4 rings (SSSR count). The van der Waals surface area contributed by atoms with Gasteiger partial charge in [-0.25, -0.2) is 4.79 Å². The van der Waals surface area contributed by atoms with Crippen LogP contribution in [0.1, 0.15) is 40.2 Å². The zero-order chi connectivity index (χ0) is 23.4. The van der Waals surface area contributed by atoms with Gasteiger partial charge in [-0.15, -0.1) is 0 Å². The second-order valence-corrected chi connectivity index (χ2v) is 8.51. The molecule has 3 aromatic rings. The number of nitrogens with one attached hydrogen (secondary N) is 1. The van der Waals surface area contributed by atoms with Crippen molar-refractivity contribution < 1.29 is 14.1 Å². The maximum absolute atomic E-state index is 12.5. The van der Waals surface area contributed by atoms with E-state index < -0.39 is 0 Å². The molecule has 1 saturated heterocycles. The number of amides is 3. The summed E-state index contributed by atoms with van der Waals surface area (Å²) >= 11 is 0. The van der Waals surface area contributed by atoms with Crippen molar-refractivity contribution in [2.24, 2.45) is 0 Å². The summed E-state index contributed by atoms with van der Waals surface area (Å²) in [5.74, 6) is 0.980. The van der Waals surface area contributed by atoms with E-state index in [9.17, 15) is 9.59 Å². The number of carbonyl (C=O) groups is 2. The molecule has 0 bridgehead atoms. The van der Waals surface area contributed by atoms with E-state index in [0.717, 1.165) is 48.3 Å². The molecule has 3 amide bonds. The van der Waals surface area contributed by atoms with Crippen molar-refractivity contribution in [1.82, 2.24) is 19.9 Å². The number of anilines is 1. The smallest absolute Gasteiger partial charge is 0.321 e. The van der Waals surface area contributed by atoms with E-state index in [1.54, 1.807) is 24.1 Å². The maximum atomic E-state index is 12.5. The molecule has 0 radical (unpaired) electrons. The van der Waals surface area contributed by atoms with Crippen molar-refractivity contribution >= 4 is 17.6 Å². The van der Waals surface area contributed by atoms with Crippen LogP contribution in [0.2, 0.25) is 0 Å². The summed E-state index contributed by atoms with van der Waals surface area (Å²) in [4.78, 5) is 32.9. The van der Waals surface area contributed by atoms with Crippen LogP contribution < -0.4 is 5.32 Å². The number of likely N-dealkylation sites (N-methyl/N-ethyl adjacent to an activating group) is 1. The van der Waals surface area contributed by atoms with Crippen LogP contribution in [0.3, 0.4) is 0 Å². The van der Waals surface area contributed by atoms with E-state index in [-0.39, 0.29) is 11.9 Å². The molecule has 8 heteroatoms. The van der Waals surface area contributed by atoms with Crippen molar-refractivity contribution in [3.05, 3.63) is 65.0 Å². The van der Waals surface area contributed by atoms with Gasteiger partial charge in [-0.1, -0.05) is 17.3 Å². The summed E-state index contributed by atoms with van der Waals surface area (Å²) in [6.45, 7) is 6.05. The number of aryl methyl sites for hydroxylation is 2. The summed E-state index contributed by atoms with van der Waals surface area (Å²) in [5.41, 5.74) is 4.33. The summed E-state index contributed by atoms with van der Waals surface area (Å²) < 4.78 is 5.39. The number of urea groups is 1. The van der Waals surface area contributed by atoms with Gasteiger partial charge in [0.1, 0.15) is 0 Å². The molecule has 1 aliphatic heterocycles. The van der Waals surface area contributed by atoms with Crippen LogP contribution in [-0.2, 0) is 6.42 Å². The fourth-order valence-electron chi connectivity index (χ4n) is 3.78. The number of likely N-dealkylation sites (tertiary alicyclic amines) is 1. The Balaban J connectivity index is 1.32. The number of hydrogen-bond donors (Lipinski definition) is 1. The van der Waals surface area contributed by atoms with Gasteiger partial charge in [0.15, 0.2) is 5.82 Å². The van der Waals surface area contributed by atoms with Gasteiger partial charge in [0.2, 0.25) is 0 Å². The third kappa shape index (κ3) is 5.39. The molecule has 8 nitrogen and oxygen atoms in total. The largest absolute Gasteiger partial charge is 0.339 e. The van der Waals surface area contributed by atoms with Gasteiger partial charge in [0.25, 0.3) is 11.8 Å². The molecule has 0 saturated carbocycles. The molecule has 33 heavy (non-hydrogen) atoms. The monoisotopic (exact) mass is 447 g/mol. The SMILES string of the molecule is Cc1ccc(C)c(NC(=O)N(C)CCc2noc(-c3ccc(C(=O)N4CCCC4)cc3)n2)c1. The Morgan fingerprint density at radius 1 is 1.09 bits per heavy atom. The van der Waals surface area contributed by atoms with Gasteiger partial charge in [-0.3, -0.25) is 4.79 Å². The van der Waals surface area contributed by atoms with Gasteiger partial charge in [0.05, 0.1) is 0 Å². The molecule has 172 valence electrons. The Bertz CT molecular complexity index is 1130. The highest BCUT2D eigenvalue weighted by Gasteiger charge is 2.20. The van der Waals surface area contributed by atoms with Crippen LogP contribution in [0.5, 0.6) is 0 Å². The lowest BCUT2D eigenvalue weighted by Crippen LogP contribution is -2.33. The molecule has 1 fully saturated rings. The summed E-state index contributed by atoms with van der Waals surface area (Å²) in [6.07, 6.45) is 2.60. The van der Waals surface area contributed by atoms with Crippen molar-refractivity contribution in [3.63, 3.8) is 0 Å². The first-order valence-corrected chi connectivity index (χ1v) is 11.2. The Morgan fingerprint density at radius 2 is 1.82 bits per heavy atom. The van der Waals surface area contributed by atoms with Crippen molar-refractivity contribution in [2.75, 3.05) is 32.0 Å². The minimum Gasteiger partial charge on any atom is -0.339 e. The van der Waals surface area contributed by atoms with E-state index >= 15 is 0 Å². The van der Waals surface area contributed by atoms with Gasteiger partial charge in [-0.2, -0.15) is 4.98 Å². The number of rotatable bonds is 6. The van der Waals surface area contributed by atoms with Crippen LogP contribution >= 0.6 is 0 Å². The van der Waals surface area contributed by atoms with Crippen LogP contribution in [0.15, 0.2) is 47.0 Å². The van der Waals surface area contributed by atoms with Crippen molar-refractivity contribution in [3.8, 4) is 11.5 Å². The molecule has 0 unspecified atom stereocenters. The summed E-state index contributed by atoms with van der Waals surface area (Å²) in [6, 6.07) is 13.0. The molecule has 2 aromatic carbocycles. The second kappa shape index (κ2) is 9.85. The highest BCUT2D eigenvalue weighted by molar-refractivity contribution is 5.94. The van der Waals surface area contributed by atoms with Crippen LogP contribution in [-0.4, -0.2) is 58.6 Å². The topological polar surface area (TPSA) is 91.6 Å². The molecule has 1 N–H and O–H groups in total. The molecular formula is C25H29N5O3. The normalized spacial score (nSPS) is 13.2. The lowest BCUT2D eigenvalue weighted by Gasteiger charge is -2.18. The minimum absolute atomic E-state index is 0.0624. The number of benzene rings is 2. The average Bonchev–Trinajstić information content (AvgIpc) is 3.52. The van der Waals surface area contributed by atoms with Crippen molar-refractivity contribution in [1.29, 1.82) is 0 Å². The molecule has 1 aliphatic rings. The highest BCUT2D eigenvalue weighted by Crippen LogP contribution is 2.20. The maximum Gasteiger partial charge on any atom is 0.321 e. The van der Waals surface area contributed by atoms with Crippen molar-refractivity contribution in [2.45, 2.75) is 33.1 Å². The van der Waals surface area contributed by atoms with Crippen LogP contribution in [0.25, 0.3) is 11.5 Å². The lowest BCUT2D eigenvalue weighted by molar-refractivity contribution is 0.0793. The van der Waals surface area contributed by atoms with E-state index in [0.29, 0.717) is 30.2 Å². The molecule has 1 aromatic heterocycles. The summed E-state index contributed by atoms with van der Waals surface area (Å²) in [5, 5.41) is 6.98. The number of carbonyl (C=O) groups excluding carboxylic acids is 2. The van der Waals surface area contributed by atoms with Gasteiger partial charge >= 0.3 is 6.03 Å². The lowest BCUT2D eigenvalue weighted by atomic mass is 10.1. The Labute approximate surface area is 193 Å². The van der Waals surface area contributed by atoms with E-state index in [1.807, 2.05) is 49.1 Å². The first kappa shape index (κ1) is 22.5. The molecule has 0 spiro atoms. The van der Waals surface area contributed by atoms with E-state index in [1.165, 1.54) is 0 Å². The third-order valence-corrected chi connectivity index (χ3v) is 5.89. The highest BCUT2D eigenvalue weighted by atomic mass is 16.5. The Morgan fingerprint density at radius 3 is 2.55 bits per heavy atom. The predicted octanol–water partition coefficient (Wildman–Crippen LogP) is 4.30. The van der Waals surface area contributed by atoms with Crippen LogP contribution in [0.4, 0.5) is 10.5 Å².